The molecule has 18 heavy (non-hydrogen) atoms. The van der Waals surface area contributed by atoms with Gasteiger partial charge in [-0.2, -0.15) is 0 Å². The van der Waals surface area contributed by atoms with Crippen molar-refractivity contribution in [3.05, 3.63) is 23.9 Å². The molecule has 2 N–H and O–H groups in total. The molecule has 4 nitrogen and oxygen atoms in total. The van der Waals surface area contributed by atoms with Crippen molar-refractivity contribution >= 4 is 5.82 Å². The highest BCUT2D eigenvalue weighted by Gasteiger charge is 2.26. The van der Waals surface area contributed by atoms with Crippen LogP contribution in [0.25, 0.3) is 0 Å². The second-order valence-electron chi connectivity index (χ2n) is 5.43. The van der Waals surface area contributed by atoms with Gasteiger partial charge in [0.15, 0.2) is 0 Å². The molecule has 4 heteroatoms. The lowest BCUT2D eigenvalue weighted by Gasteiger charge is -2.25. The van der Waals surface area contributed by atoms with Crippen LogP contribution in [0, 0.1) is 0 Å². The predicted molar refractivity (Wildman–Crippen MR) is 71.6 cm³/mol. The fraction of sp³-hybridized carbons (Fsp3) is 0.643. The number of aromatic nitrogens is 1. The van der Waals surface area contributed by atoms with Crippen LogP contribution in [-0.2, 0) is 0 Å². The number of rotatable bonds is 2. The van der Waals surface area contributed by atoms with Crippen molar-refractivity contribution in [1.82, 2.24) is 4.98 Å². The molecule has 2 rings (SSSR count). The van der Waals surface area contributed by atoms with E-state index < -0.39 is 11.7 Å². The summed E-state index contributed by atoms with van der Waals surface area (Å²) in [5, 5.41) is 19.9. The van der Waals surface area contributed by atoms with Crippen LogP contribution in [0.1, 0.15) is 44.8 Å². The average Bonchev–Trinajstić information content (AvgIpc) is 2.50. The fourth-order valence-electron chi connectivity index (χ4n) is 2.47. The van der Waals surface area contributed by atoms with Gasteiger partial charge in [0.1, 0.15) is 5.82 Å². The Hall–Kier alpha value is -1.13. The molecular formula is C14H22N2O2. The Morgan fingerprint density at radius 1 is 1.39 bits per heavy atom. The molecule has 2 atom stereocenters. The van der Waals surface area contributed by atoms with Crippen molar-refractivity contribution in [2.75, 3.05) is 18.0 Å². The summed E-state index contributed by atoms with van der Waals surface area (Å²) in [7, 11) is 0. The standard InChI is InChI=1S/C14H22N2O2/c1-11(17)12-5-3-8-15-13(12)16-9-4-6-14(2,18)7-10-16/h3,5,8,11,17-18H,4,6-7,9-10H2,1-2H3. The molecule has 1 aromatic heterocycles. The largest absolute Gasteiger partial charge is 0.390 e. The zero-order chi connectivity index (χ0) is 13.2. The first-order valence-electron chi connectivity index (χ1n) is 6.60. The second kappa shape index (κ2) is 5.24. The van der Waals surface area contributed by atoms with Gasteiger partial charge in [-0.25, -0.2) is 4.98 Å². The third kappa shape index (κ3) is 3.00. The lowest BCUT2D eigenvalue weighted by atomic mass is 9.98. The second-order valence-corrected chi connectivity index (χ2v) is 5.43. The Labute approximate surface area is 108 Å². The monoisotopic (exact) mass is 250 g/mol. The van der Waals surface area contributed by atoms with Gasteiger partial charge in [0, 0.05) is 24.8 Å². The summed E-state index contributed by atoms with van der Waals surface area (Å²) in [4.78, 5) is 6.57. The van der Waals surface area contributed by atoms with Gasteiger partial charge in [-0.05, 0) is 39.2 Å². The summed E-state index contributed by atoms with van der Waals surface area (Å²) in [5.74, 6) is 0.852. The lowest BCUT2D eigenvalue weighted by molar-refractivity contribution is 0.0481. The van der Waals surface area contributed by atoms with Gasteiger partial charge in [-0.1, -0.05) is 6.07 Å². The third-order valence-electron chi connectivity index (χ3n) is 3.63. The zero-order valence-corrected chi connectivity index (χ0v) is 11.1. The van der Waals surface area contributed by atoms with E-state index in [0.29, 0.717) is 0 Å². The van der Waals surface area contributed by atoms with Crippen LogP contribution < -0.4 is 4.90 Å². The van der Waals surface area contributed by atoms with Gasteiger partial charge in [-0.15, -0.1) is 0 Å². The molecule has 2 heterocycles. The summed E-state index contributed by atoms with van der Waals surface area (Å²) >= 11 is 0. The van der Waals surface area contributed by atoms with E-state index in [1.807, 2.05) is 19.1 Å². The van der Waals surface area contributed by atoms with E-state index in [-0.39, 0.29) is 0 Å². The van der Waals surface area contributed by atoms with E-state index in [9.17, 15) is 10.2 Å². The number of hydrogen-bond donors (Lipinski definition) is 2. The minimum atomic E-state index is -0.575. The van der Waals surface area contributed by atoms with Crippen LogP contribution in [0.15, 0.2) is 18.3 Å². The third-order valence-corrected chi connectivity index (χ3v) is 3.63. The Morgan fingerprint density at radius 2 is 2.17 bits per heavy atom. The molecule has 1 aromatic rings. The molecule has 0 bridgehead atoms. The first-order chi connectivity index (χ1) is 8.49. The van der Waals surface area contributed by atoms with Crippen molar-refractivity contribution < 1.29 is 10.2 Å². The van der Waals surface area contributed by atoms with Crippen LogP contribution in [0.2, 0.25) is 0 Å². The molecule has 0 saturated carbocycles. The summed E-state index contributed by atoms with van der Waals surface area (Å²) in [5.41, 5.74) is 0.285. The number of aliphatic hydroxyl groups excluding tert-OH is 1. The predicted octanol–water partition coefficient (Wildman–Crippen LogP) is 1.88. The SMILES string of the molecule is CC(O)c1cccnc1N1CCCC(C)(O)CC1. The Bertz CT molecular complexity index is 405. The van der Waals surface area contributed by atoms with Gasteiger partial charge >= 0.3 is 0 Å². The number of aliphatic hydroxyl groups is 2. The normalized spacial score (nSPS) is 26.8. The van der Waals surface area contributed by atoms with E-state index in [1.165, 1.54) is 0 Å². The quantitative estimate of drug-likeness (QED) is 0.841. The van der Waals surface area contributed by atoms with Crippen LogP contribution >= 0.6 is 0 Å². The lowest BCUT2D eigenvalue weighted by Crippen LogP contribution is -2.29. The number of anilines is 1. The molecule has 0 aromatic carbocycles. The molecule has 0 amide bonds. The fourth-order valence-corrected chi connectivity index (χ4v) is 2.47. The Kier molecular flexibility index (Phi) is 3.88. The highest BCUT2D eigenvalue weighted by molar-refractivity contribution is 5.48. The molecule has 0 spiro atoms. The molecular weight excluding hydrogens is 228 g/mol. The maximum absolute atomic E-state index is 10.1. The van der Waals surface area contributed by atoms with Crippen LogP contribution in [0.4, 0.5) is 5.82 Å². The highest BCUT2D eigenvalue weighted by atomic mass is 16.3. The van der Waals surface area contributed by atoms with Crippen molar-refractivity contribution in [2.45, 2.75) is 44.8 Å². The minimum absolute atomic E-state index is 0.516. The molecule has 1 aliphatic rings. The smallest absolute Gasteiger partial charge is 0.134 e. The Morgan fingerprint density at radius 3 is 2.89 bits per heavy atom. The maximum atomic E-state index is 10.1. The molecule has 1 aliphatic heterocycles. The summed E-state index contributed by atoms with van der Waals surface area (Å²) in [6.07, 6.45) is 3.74. The van der Waals surface area contributed by atoms with E-state index >= 15 is 0 Å². The zero-order valence-electron chi connectivity index (χ0n) is 11.1. The van der Waals surface area contributed by atoms with E-state index in [1.54, 1.807) is 13.1 Å². The van der Waals surface area contributed by atoms with Gasteiger partial charge < -0.3 is 15.1 Å². The maximum Gasteiger partial charge on any atom is 0.134 e. The molecule has 2 unspecified atom stereocenters. The molecule has 1 fully saturated rings. The molecule has 100 valence electrons. The summed E-state index contributed by atoms with van der Waals surface area (Å²) in [6, 6.07) is 3.76. The highest BCUT2D eigenvalue weighted by Crippen LogP contribution is 2.28. The number of hydrogen-bond acceptors (Lipinski definition) is 4. The minimum Gasteiger partial charge on any atom is -0.390 e. The van der Waals surface area contributed by atoms with Gasteiger partial charge in [0.25, 0.3) is 0 Å². The van der Waals surface area contributed by atoms with E-state index in [4.69, 9.17) is 0 Å². The number of pyridine rings is 1. The van der Waals surface area contributed by atoms with Crippen molar-refractivity contribution in [3.8, 4) is 0 Å². The van der Waals surface area contributed by atoms with E-state index in [2.05, 4.69) is 9.88 Å². The van der Waals surface area contributed by atoms with Crippen LogP contribution in [0.3, 0.4) is 0 Å². The van der Waals surface area contributed by atoms with Crippen molar-refractivity contribution in [1.29, 1.82) is 0 Å². The van der Waals surface area contributed by atoms with E-state index in [0.717, 1.165) is 43.7 Å². The van der Waals surface area contributed by atoms with Crippen LogP contribution in [-0.4, -0.2) is 33.9 Å². The topological polar surface area (TPSA) is 56.6 Å². The van der Waals surface area contributed by atoms with Gasteiger partial charge in [0.05, 0.1) is 11.7 Å². The van der Waals surface area contributed by atoms with Crippen molar-refractivity contribution in [3.63, 3.8) is 0 Å². The van der Waals surface area contributed by atoms with Gasteiger partial charge in [0.2, 0.25) is 0 Å². The average molecular weight is 250 g/mol. The first kappa shape index (κ1) is 13.3. The molecule has 0 radical (unpaired) electrons. The van der Waals surface area contributed by atoms with Crippen molar-refractivity contribution in [2.24, 2.45) is 0 Å². The summed E-state index contributed by atoms with van der Waals surface area (Å²) in [6.45, 7) is 5.32. The van der Waals surface area contributed by atoms with Gasteiger partial charge in [-0.3, -0.25) is 0 Å². The Balaban J connectivity index is 2.21. The number of nitrogens with zero attached hydrogens (tertiary/aromatic N) is 2. The summed E-state index contributed by atoms with van der Waals surface area (Å²) < 4.78 is 0. The molecule has 1 saturated heterocycles. The molecule has 0 aliphatic carbocycles. The van der Waals surface area contributed by atoms with Crippen LogP contribution in [0.5, 0.6) is 0 Å². The first-order valence-corrected chi connectivity index (χ1v) is 6.60.